The minimum atomic E-state index is -0.422. The van der Waals surface area contributed by atoms with Gasteiger partial charge in [-0.25, -0.2) is 9.97 Å². The summed E-state index contributed by atoms with van der Waals surface area (Å²) >= 11 is 0. The van der Waals surface area contributed by atoms with Crippen molar-refractivity contribution in [3.63, 3.8) is 0 Å². The van der Waals surface area contributed by atoms with Crippen LogP contribution < -0.4 is 10.6 Å². The number of pyridine rings is 2. The van der Waals surface area contributed by atoms with Crippen molar-refractivity contribution in [3.05, 3.63) is 65.5 Å². The van der Waals surface area contributed by atoms with Crippen LogP contribution in [0.25, 0.3) is 10.9 Å². The van der Waals surface area contributed by atoms with Crippen LogP contribution in [-0.2, 0) is 4.74 Å². The standard InChI is InChI=1S/C25H29N5O3/c1-16(2)14-28-24(31)19-13-21(29-20-7-5-4-6-18(19)20)22-15-30(10-11-33-22)25(32)17-8-9-27-23(12-17)26-3/h4-9,12-13,16,22H,10-11,14-15H2,1-3H3,(H,26,27)(H,28,31). The third-order valence-corrected chi connectivity index (χ3v) is 5.60. The van der Waals surface area contributed by atoms with Crippen LogP contribution in [-0.4, -0.2) is 60.0 Å². The highest BCUT2D eigenvalue weighted by atomic mass is 16.5. The smallest absolute Gasteiger partial charge is 0.254 e. The van der Waals surface area contributed by atoms with Crippen molar-refractivity contribution in [2.45, 2.75) is 20.0 Å². The van der Waals surface area contributed by atoms with Crippen LogP contribution in [0.4, 0.5) is 5.82 Å². The molecule has 4 rings (SSSR count). The van der Waals surface area contributed by atoms with Gasteiger partial charge >= 0.3 is 0 Å². The number of nitrogens with one attached hydrogen (secondary N) is 2. The van der Waals surface area contributed by atoms with Gasteiger partial charge in [0, 0.05) is 37.3 Å². The van der Waals surface area contributed by atoms with E-state index in [0.29, 0.717) is 54.8 Å². The molecule has 1 unspecified atom stereocenters. The van der Waals surface area contributed by atoms with Crippen molar-refractivity contribution in [3.8, 4) is 0 Å². The molecule has 0 radical (unpaired) electrons. The first-order chi connectivity index (χ1) is 16.0. The molecular formula is C25H29N5O3. The Balaban J connectivity index is 1.61. The molecule has 0 bridgehead atoms. The van der Waals surface area contributed by atoms with Crippen LogP contribution in [0, 0.1) is 5.92 Å². The van der Waals surface area contributed by atoms with Crippen molar-refractivity contribution in [2.24, 2.45) is 5.92 Å². The SMILES string of the molecule is CNc1cc(C(=O)N2CCOC(c3cc(C(=O)NCC(C)C)c4ccccc4n3)C2)ccn1. The topological polar surface area (TPSA) is 96.5 Å². The fourth-order valence-electron chi connectivity index (χ4n) is 3.84. The average Bonchev–Trinajstić information content (AvgIpc) is 2.86. The Morgan fingerprint density at radius 3 is 2.82 bits per heavy atom. The van der Waals surface area contributed by atoms with Gasteiger partial charge in [0.1, 0.15) is 11.9 Å². The van der Waals surface area contributed by atoms with Crippen LogP contribution in [0.1, 0.15) is 46.4 Å². The van der Waals surface area contributed by atoms with Crippen LogP contribution in [0.5, 0.6) is 0 Å². The molecule has 2 amide bonds. The summed E-state index contributed by atoms with van der Waals surface area (Å²) < 4.78 is 5.99. The molecule has 0 saturated carbocycles. The number of aromatic nitrogens is 2. The molecule has 1 atom stereocenters. The summed E-state index contributed by atoms with van der Waals surface area (Å²) in [5.41, 5.74) is 2.50. The number of anilines is 1. The van der Waals surface area contributed by atoms with Crippen molar-refractivity contribution in [2.75, 3.05) is 38.6 Å². The Kier molecular flexibility index (Phi) is 6.84. The second kappa shape index (κ2) is 9.95. The quantitative estimate of drug-likeness (QED) is 0.602. The van der Waals surface area contributed by atoms with Gasteiger partial charge in [0.05, 0.1) is 29.9 Å². The Hall–Kier alpha value is -3.52. The van der Waals surface area contributed by atoms with E-state index >= 15 is 0 Å². The Bertz CT molecular complexity index is 1160. The number of fused-ring (bicyclic) bond motifs is 1. The Labute approximate surface area is 193 Å². The van der Waals surface area contributed by atoms with Gasteiger partial charge in [0.25, 0.3) is 11.8 Å². The van der Waals surface area contributed by atoms with Crippen molar-refractivity contribution < 1.29 is 14.3 Å². The Morgan fingerprint density at radius 2 is 2.03 bits per heavy atom. The van der Waals surface area contributed by atoms with Crippen molar-refractivity contribution in [1.82, 2.24) is 20.2 Å². The number of carbonyl (C=O) groups is 2. The molecule has 1 saturated heterocycles. The number of amides is 2. The Morgan fingerprint density at radius 1 is 1.21 bits per heavy atom. The number of rotatable bonds is 6. The van der Waals surface area contributed by atoms with E-state index < -0.39 is 6.10 Å². The minimum Gasteiger partial charge on any atom is -0.373 e. The lowest BCUT2D eigenvalue weighted by Gasteiger charge is -2.33. The van der Waals surface area contributed by atoms with E-state index in [9.17, 15) is 9.59 Å². The largest absolute Gasteiger partial charge is 0.373 e. The lowest BCUT2D eigenvalue weighted by atomic mass is 10.0. The van der Waals surface area contributed by atoms with Gasteiger partial charge in [-0.2, -0.15) is 0 Å². The van der Waals surface area contributed by atoms with E-state index in [1.54, 1.807) is 36.3 Å². The molecule has 0 aliphatic carbocycles. The summed E-state index contributed by atoms with van der Waals surface area (Å²) in [5.74, 6) is 0.764. The van der Waals surface area contributed by atoms with Crippen LogP contribution in [0.15, 0.2) is 48.7 Å². The molecule has 3 aromatic rings. The highest BCUT2D eigenvalue weighted by Gasteiger charge is 2.28. The first-order valence-electron chi connectivity index (χ1n) is 11.2. The molecule has 33 heavy (non-hydrogen) atoms. The number of benzene rings is 1. The second-order valence-electron chi connectivity index (χ2n) is 8.51. The molecule has 1 aliphatic rings. The summed E-state index contributed by atoms with van der Waals surface area (Å²) in [6.07, 6.45) is 1.19. The first-order valence-corrected chi connectivity index (χ1v) is 11.2. The molecule has 1 fully saturated rings. The van der Waals surface area contributed by atoms with Crippen molar-refractivity contribution in [1.29, 1.82) is 0 Å². The monoisotopic (exact) mass is 447 g/mol. The highest BCUT2D eigenvalue weighted by molar-refractivity contribution is 6.06. The summed E-state index contributed by atoms with van der Waals surface area (Å²) in [7, 11) is 1.77. The lowest BCUT2D eigenvalue weighted by Crippen LogP contribution is -2.42. The van der Waals surface area contributed by atoms with E-state index in [1.165, 1.54) is 0 Å². The predicted octanol–water partition coefficient (Wildman–Crippen LogP) is 3.27. The summed E-state index contributed by atoms with van der Waals surface area (Å²) in [4.78, 5) is 36.8. The van der Waals surface area contributed by atoms with E-state index in [1.807, 2.05) is 24.3 Å². The van der Waals surface area contributed by atoms with Gasteiger partial charge in [-0.1, -0.05) is 32.0 Å². The molecule has 172 valence electrons. The average molecular weight is 448 g/mol. The maximum atomic E-state index is 13.1. The van der Waals surface area contributed by atoms with Gasteiger partial charge in [-0.15, -0.1) is 0 Å². The van der Waals surface area contributed by atoms with E-state index in [0.717, 1.165) is 10.9 Å². The van der Waals surface area contributed by atoms with Crippen LogP contribution in [0.3, 0.4) is 0 Å². The summed E-state index contributed by atoms with van der Waals surface area (Å²) in [5, 5.41) is 6.75. The number of para-hydroxylation sites is 1. The molecule has 3 heterocycles. The fraction of sp³-hybridized carbons (Fsp3) is 0.360. The lowest BCUT2D eigenvalue weighted by molar-refractivity contribution is -0.0246. The van der Waals surface area contributed by atoms with Gasteiger partial charge < -0.3 is 20.3 Å². The number of morpholine rings is 1. The van der Waals surface area contributed by atoms with Gasteiger partial charge in [-0.3, -0.25) is 9.59 Å². The van der Waals surface area contributed by atoms with Gasteiger partial charge in [0.15, 0.2) is 0 Å². The zero-order chi connectivity index (χ0) is 23.4. The summed E-state index contributed by atoms with van der Waals surface area (Å²) in [6.45, 7) is 5.94. The zero-order valence-electron chi connectivity index (χ0n) is 19.2. The summed E-state index contributed by atoms with van der Waals surface area (Å²) in [6, 6.07) is 12.8. The number of nitrogens with zero attached hydrogens (tertiary/aromatic N) is 3. The van der Waals surface area contributed by atoms with E-state index in [-0.39, 0.29) is 11.8 Å². The molecule has 8 nitrogen and oxygen atoms in total. The highest BCUT2D eigenvalue weighted by Crippen LogP contribution is 2.27. The van der Waals surface area contributed by atoms with E-state index in [4.69, 9.17) is 9.72 Å². The normalized spacial score (nSPS) is 16.1. The molecule has 0 spiro atoms. The maximum absolute atomic E-state index is 13.1. The molecule has 1 aliphatic heterocycles. The predicted molar refractivity (Wildman–Crippen MR) is 127 cm³/mol. The van der Waals surface area contributed by atoms with E-state index in [2.05, 4.69) is 29.5 Å². The third-order valence-electron chi connectivity index (χ3n) is 5.60. The number of hydrogen-bond acceptors (Lipinski definition) is 6. The molecular weight excluding hydrogens is 418 g/mol. The molecule has 2 N–H and O–H groups in total. The molecule has 2 aromatic heterocycles. The van der Waals surface area contributed by atoms with Crippen molar-refractivity contribution >= 4 is 28.5 Å². The number of carbonyl (C=O) groups excluding carboxylic acids is 2. The number of hydrogen-bond donors (Lipinski definition) is 2. The zero-order valence-corrected chi connectivity index (χ0v) is 19.2. The fourth-order valence-corrected chi connectivity index (χ4v) is 3.84. The molecule has 8 heteroatoms. The maximum Gasteiger partial charge on any atom is 0.254 e. The van der Waals surface area contributed by atoms with Gasteiger partial charge in [0.2, 0.25) is 0 Å². The third kappa shape index (κ3) is 5.12. The van der Waals surface area contributed by atoms with Crippen LogP contribution in [0.2, 0.25) is 0 Å². The van der Waals surface area contributed by atoms with Gasteiger partial charge in [-0.05, 0) is 30.2 Å². The molecule has 1 aromatic carbocycles. The second-order valence-corrected chi connectivity index (χ2v) is 8.51. The minimum absolute atomic E-state index is 0.0853. The first kappa shape index (κ1) is 22.7. The number of ether oxygens (including phenoxy) is 1. The van der Waals surface area contributed by atoms with Crippen LogP contribution >= 0.6 is 0 Å².